The summed E-state index contributed by atoms with van der Waals surface area (Å²) in [5.74, 6) is -1.05. The van der Waals surface area contributed by atoms with Gasteiger partial charge in [-0.3, -0.25) is 4.79 Å². The third-order valence-corrected chi connectivity index (χ3v) is 3.95. The van der Waals surface area contributed by atoms with E-state index in [4.69, 9.17) is 20.0 Å². The minimum absolute atomic E-state index is 0.0114. The fourth-order valence-electron chi connectivity index (χ4n) is 2.53. The second-order valence-corrected chi connectivity index (χ2v) is 6.02. The average molecular weight is 378 g/mol. The number of ether oxygens (including phenoxy) is 1. The van der Waals surface area contributed by atoms with Gasteiger partial charge in [-0.25, -0.2) is 9.59 Å². The number of amides is 1. The highest BCUT2D eigenvalue weighted by Gasteiger charge is 2.11. The van der Waals surface area contributed by atoms with E-state index < -0.39 is 23.7 Å². The highest BCUT2D eigenvalue weighted by Crippen LogP contribution is 2.22. The summed E-state index contributed by atoms with van der Waals surface area (Å²) in [6.45, 7) is 0.414. The molecule has 0 aliphatic carbocycles. The molecule has 0 unspecified atom stereocenters. The molecule has 0 aliphatic rings. The number of carbonyl (C=O) groups excluding carboxylic acids is 1. The Bertz CT molecular complexity index is 862. The molecule has 5 N–H and O–H groups in total. The number of fused-ring (bicyclic) bond motifs is 1. The van der Waals surface area contributed by atoms with E-state index in [9.17, 15) is 19.5 Å². The van der Waals surface area contributed by atoms with Crippen molar-refractivity contribution in [2.24, 2.45) is 5.73 Å². The summed E-state index contributed by atoms with van der Waals surface area (Å²) in [6.07, 6.45) is 1.22. The third kappa shape index (κ3) is 6.30. The van der Waals surface area contributed by atoms with Crippen LogP contribution in [0.1, 0.15) is 24.8 Å². The first-order valence-electron chi connectivity index (χ1n) is 8.51. The summed E-state index contributed by atoms with van der Waals surface area (Å²) in [4.78, 5) is 33.8. The molecule has 1 amide bonds. The van der Waals surface area contributed by atoms with E-state index in [2.05, 4.69) is 5.32 Å². The summed E-state index contributed by atoms with van der Waals surface area (Å²) in [5.41, 5.74) is 5.75. The Morgan fingerprint density at radius 3 is 2.78 bits per heavy atom. The molecule has 0 saturated heterocycles. The Hall–Kier alpha value is -3.07. The number of hydrogen-bond donors (Lipinski definition) is 4. The molecule has 0 bridgehead atoms. The third-order valence-electron chi connectivity index (χ3n) is 3.95. The molecule has 0 fully saturated rings. The highest BCUT2D eigenvalue weighted by molar-refractivity contribution is 5.81. The van der Waals surface area contributed by atoms with Gasteiger partial charge in [-0.1, -0.05) is 0 Å². The smallest absolute Gasteiger partial charge is 0.407 e. The molecule has 27 heavy (non-hydrogen) atoms. The number of phenolic OH excluding ortho intramolecular Hbond substituents is 1. The van der Waals surface area contributed by atoms with Gasteiger partial charge in [0.05, 0.1) is 6.61 Å². The SMILES string of the molecule is N[C@@H](CCCCNC(=O)OCCc1cc(=O)oc2cc(O)ccc12)C(=O)O. The average Bonchev–Trinajstić information content (AvgIpc) is 2.60. The van der Waals surface area contributed by atoms with E-state index in [0.717, 1.165) is 0 Å². The molecule has 1 aromatic carbocycles. The normalized spacial score (nSPS) is 11.9. The van der Waals surface area contributed by atoms with Crippen LogP contribution >= 0.6 is 0 Å². The van der Waals surface area contributed by atoms with E-state index in [0.29, 0.717) is 43.2 Å². The minimum Gasteiger partial charge on any atom is -0.508 e. The molecule has 0 radical (unpaired) electrons. The number of aromatic hydroxyl groups is 1. The van der Waals surface area contributed by atoms with Crippen molar-refractivity contribution in [3.8, 4) is 5.75 Å². The number of rotatable bonds is 9. The lowest BCUT2D eigenvalue weighted by Crippen LogP contribution is -2.30. The maximum absolute atomic E-state index is 11.6. The molecule has 0 aliphatic heterocycles. The van der Waals surface area contributed by atoms with E-state index in [1.807, 2.05) is 0 Å². The Balaban J connectivity index is 1.75. The first-order chi connectivity index (χ1) is 12.9. The van der Waals surface area contributed by atoms with Crippen LogP contribution in [-0.4, -0.2) is 41.5 Å². The first-order valence-corrected chi connectivity index (χ1v) is 8.51. The number of carboxylic acid groups (broad SMARTS) is 1. The lowest BCUT2D eigenvalue weighted by molar-refractivity contribution is -0.138. The molecule has 0 spiro atoms. The van der Waals surface area contributed by atoms with Crippen LogP contribution in [0.3, 0.4) is 0 Å². The second kappa shape index (κ2) is 9.58. The lowest BCUT2D eigenvalue weighted by atomic mass is 10.1. The van der Waals surface area contributed by atoms with Gasteiger partial charge in [0.1, 0.15) is 17.4 Å². The molecule has 1 heterocycles. The Labute approximate surface area is 154 Å². The predicted octanol–water partition coefficient (Wildman–Crippen LogP) is 1.35. The number of unbranched alkanes of at least 4 members (excludes halogenated alkanes) is 1. The molecule has 1 atom stereocenters. The van der Waals surface area contributed by atoms with Gasteiger partial charge in [-0.2, -0.15) is 0 Å². The fraction of sp³-hybridized carbons (Fsp3) is 0.389. The van der Waals surface area contributed by atoms with E-state index >= 15 is 0 Å². The van der Waals surface area contributed by atoms with Crippen LogP contribution in [0.5, 0.6) is 5.75 Å². The summed E-state index contributed by atoms with van der Waals surface area (Å²) in [7, 11) is 0. The largest absolute Gasteiger partial charge is 0.508 e. The topological polar surface area (TPSA) is 152 Å². The van der Waals surface area contributed by atoms with Gasteiger partial charge in [0.15, 0.2) is 0 Å². The van der Waals surface area contributed by atoms with E-state index in [1.54, 1.807) is 6.07 Å². The monoisotopic (exact) mass is 378 g/mol. The van der Waals surface area contributed by atoms with E-state index in [1.165, 1.54) is 18.2 Å². The maximum atomic E-state index is 11.6. The fourth-order valence-corrected chi connectivity index (χ4v) is 2.53. The predicted molar refractivity (Wildman–Crippen MR) is 96.7 cm³/mol. The van der Waals surface area contributed by atoms with Crippen molar-refractivity contribution >= 4 is 23.0 Å². The number of nitrogens with two attached hydrogens (primary N) is 1. The Morgan fingerprint density at radius 2 is 2.04 bits per heavy atom. The standard InChI is InChI=1S/C18H22N2O7/c19-14(17(23)24)3-1-2-7-20-18(25)26-8-6-11-9-16(22)27-15-10-12(21)4-5-13(11)15/h4-5,9-10,14,21H,1-3,6-8,19H2,(H,20,25)(H,23,24)/t14-/m0/s1. The van der Waals surface area contributed by atoms with Gasteiger partial charge in [-0.15, -0.1) is 0 Å². The first kappa shape index (κ1) is 20.2. The quantitative estimate of drug-likeness (QED) is 0.377. The van der Waals surface area contributed by atoms with Crippen molar-refractivity contribution in [3.05, 3.63) is 40.2 Å². The van der Waals surface area contributed by atoms with Crippen molar-refractivity contribution in [2.75, 3.05) is 13.2 Å². The van der Waals surface area contributed by atoms with Crippen LogP contribution in [0.2, 0.25) is 0 Å². The summed E-state index contributed by atoms with van der Waals surface area (Å²) in [6, 6.07) is 4.90. The zero-order chi connectivity index (χ0) is 19.8. The molecule has 9 heteroatoms. The molecule has 2 aromatic rings. The zero-order valence-corrected chi connectivity index (χ0v) is 14.6. The highest BCUT2D eigenvalue weighted by atomic mass is 16.5. The van der Waals surface area contributed by atoms with Crippen molar-refractivity contribution in [1.29, 1.82) is 0 Å². The number of phenols is 1. The number of carbonyl (C=O) groups is 2. The number of alkyl carbamates (subject to hydrolysis) is 1. The summed E-state index contributed by atoms with van der Waals surface area (Å²) >= 11 is 0. The minimum atomic E-state index is -1.04. The zero-order valence-electron chi connectivity index (χ0n) is 14.6. The van der Waals surface area contributed by atoms with Crippen molar-refractivity contribution in [1.82, 2.24) is 5.32 Å². The number of hydrogen-bond acceptors (Lipinski definition) is 7. The Kier molecular flexibility index (Phi) is 7.18. The lowest BCUT2D eigenvalue weighted by Gasteiger charge is -2.09. The Morgan fingerprint density at radius 1 is 1.26 bits per heavy atom. The molecule has 0 saturated carbocycles. The van der Waals surface area contributed by atoms with Crippen LogP contribution in [0.4, 0.5) is 4.79 Å². The molecule has 146 valence electrons. The number of benzene rings is 1. The van der Waals surface area contributed by atoms with Crippen LogP contribution in [0, 0.1) is 0 Å². The molecule has 1 aromatic heterocycles. The van der Waals surface area contributed by atoms with Crippen LogP contribution in [-0.2, 0) is 16.0 Å². The molecular weight excluding hydrogens is 356 g/mol. The maximum Gasteiger partial charge on any atom is 0.407 e. The van der Waals surface area contributed by atoms with Gasteiger partial charge in [0.2, 0.25) is 0 Å². The number of carboxylic acids is 1. The van der Waals surface area contributed by atoms with Gasteiger partial charge in [0.25, 0.3) is 0 Å². The van der Waals surface area contributed by atoms with Crippen LogP contribution < -0.4 is 16.7 Å². The van der Waals surface area contributed by atoms with E-state index in [-0.39, 0.29) is 17.9 Å². The van der Waals surface area contributed by atoms with Crippen molar-refractivity contribution in [2.45, 2.75) is 31.7 Å². The van der Waals surface area contributed by atoms with Gasteiger partial charge in [-0.05, 0) is 37.0 Å². The van der Waals surface area contributed by atoms with Crippen LogP contribution in [0.15, 0.2) is 33.5 Å². The molecular formula is C18H22N2O7. The van der Waals surface area contributed by atoms with Gasteiger partial charge >= 0.3 is 17.7 Å². The summed E-state index contributed by atoms with van der Waals surface area (Å²) < 4.78 is 10.1. The van der Waals surface area contributed by atoms with Crippen LogP contribution in [0.25, 0.3) is 11.0 Å². The summed E-state index contributed by atoms with van der Waals surface area (Å²) in [5, 5.41) is 21.3. The van der Waals surface area contributed by atoms with Crippen molar-refractivity contribution < 1.29 is 29.0 Å². The number of aliphatic carboxylic acids is 1. The molecule has 9 nitrogen and oxygen atoms in total. The number of nitrogens with one attached hydrogen (secondary N) is 1. The van der Waals surface area contributed by atoms with Crippen molar-refractivity contribution in [3.63, 3.8) is 0 Å². The molecule has 2 rings (SSSR count). The second-order valence-electron chi connectivity index (χ2n) is 6.02. The van der Waals surface area contributed by atoms with Gasteiger partial charge in [0, 0.05) is 30.5 Å². The van der Waals surface area contributed by atoms with Gasteiger partial charge < -0.3 is 30.4 Å².